The highest BCUT2D eigenvalue weighted by atomic mass is 16.6. The fraction of sp³-hybridized carbons (Fsp3) is 0.600. The molecule has 0 saturated heterocycles. The standard InChI is InChI=1S/C15H20O8/c1-5-8-15(13(18)20-6-2,14(19)21-7-3)23-10-12(17)9-22-11(4)16/h1H,6-10H2,2-4H3. The molecule has 0 aliphatic heterocycles. The molecule has 0 aromatic heterocycles. The molecular formula is C15H20O8. The lowest BCUT2D eigenvalue weighted by Gasteiger charge is -2.27. The van der Waals surface area contributed by atoms with Crippen LogP contribution in [0.3, 0.4) is 0 Å². The molecule has 0 radical (unpaired) electrons. The summed E-state index contributed by atoms with van der Waals surface area (Å²) in [5.41, 5.74) is -2.23. The van der Waals surface area contributed by atoms with Gasteiger partial charge in [0.1, 0.15) is 6.61 Å². The Balaban J connectivity index is 5.19. The predicted octanol–water partition coefficient (Wildman–Crippen LogP) is 0.0235. The van der Waals surface area contributed by atoms with Crippen LogP contribution in [0.1, 0.15) is 27.2 Å². The van der Waals surface area contributed by atoms with E-state index in [1.807, 2.05) is 0 Å². The van der Waals surface area contributed by atoms with Gasteiger partial charge in [0.15, 0.2) is 12.4 Å². The number of hydrogen-bond donors (Lipinski definition) is 0. The summed E-state index contributed by atoms with van der Waals surface area (Å²) in [6, 6.07) is 0. The van der Waals surface area contributed by atoms with Crippen LogP contribution in [0.4, 0.5) is 0 Å². The van der Waals surface area contributed by atoms with Gasteiger partial charge in [-0.25, -0.2) is 9.59 Å². The third kappa shape index (κ3) is 6.48. The van der Waals surface area contributed by atoms with E-state index in [2.05, 4.69) is 10.7 Å². The van der Waals surface area contributed by atoms with Gasteiger partial charge in [-0.15, -0.1) is 12.3 Å². The van der Waals surface area contributed by atoms with Crippen molar-refractivity contribution < 1.29 is 38.1 Å². The van der Waals surface area contributed by atoms with E-state index in [-0.39, 0.29) is 13.2 Å². The van der Waals surface area contributed by atoms with Crippen LogP contribution < -0.4 is 0 Å². The number of hydrogen-bond acceptors (Lipinski definition) is 8. The topological polar surface area (TPSA) is 105 Å². The Kier molecular flexibility index (Phi) is 9.27. The minimum absolute atomic E-state index is 0.0185. The summed E-state index contributed by atoms with van der Waals surface area (Å²) in [7, 11) is 0. The lowest BCUT2D eigenvalue weighted by molar-refractivity contribution is -0.191. The molecule has 0 saturated carbocycles. The molecule has 0 rings (SSSR count). The zero-order valence-corrected chi connectivity index (χ0v) is 13.4. The highest BCUT2D eigenvalue weighted by molar-refractivity contribution is 6.04. The average Bonchev–Trinajstić information content (AvgIpc) is 2.49. The Labute approximate surface area is 134 Å². The number of rotatable bonds is 10. The maximum Gasteiger partial charge on any atom is 0.351 e. The zero-order valence-electron chi connectivity index (χ0n) is 13.4. The smallest absolute Gasteiger partial charge is 0.351 e. The van der Waals surface area contributed by atoms with Gasteiger partial charge in [-0.3, -0.25) is 9.59 Å². The van der Waals surface area contributed by atoms with Crippen molar-refractivity contribution in [2.45, 2.75) is 32.8 Å². The SMILES string of the molecule is C#CCC(OCC(=O)COC(C)=O)(C(=O)OCC)C(=O)OCC. The van der Waals surface area contributed by atoms with Crippen molar-refractivity contribution in [1.82, 2.24) is 0 Å². The second kappa shape index (κ2) is 10.3. The minimum atomic E-state index is -2.23. The number of ether oxygens (including phenoxy) is 4. The van der Waals surface area contributed by atoms with E-state index in [0.29, 0.717) is 0 Å². The number of carbonyl (C=O) groups excluding carboxylic acids is 4. The second-order valence-corrected chi connectivity index (χ2v) is 4.26. The molecule has 0 heterocycles. The first-order chi connectivity index (χ1) is 10.8. The first-order valence-corrected chi connectivity index (χ1v) is 6.90. The Bertz CT molecular complexity index is 470. The molecule has 0 amide bonds. The summed E-state index contributed by atoms with van der Waals surface area (Å²) in [6.45, 7) is 2.95. The minimum Gasteiger partial charge on any atom is -0.463 e. The molecule has 0 aromatic rings. The fourth-order valence-electron chi connectivity index (χ4n) is 1.46. The molecule has 0 spiro atoms. The van der Waals surface area contributed by atoms with Crippen LogP contribution in [-0.4, -0.2) is 55.7 Å². The Morgan fingerprint density at radius 2 is 1.48 bits per heavy atom. The number of ketones is 1. The molecular weight excluding hydrogens is 308 g/mol. The molecule has 8 nitrogen and oxygen atoms in total. The van der Waals surface area contributed by atoms with Crippen LogP contribution >= 0.6 is 0 Å². The fourth-order valence-corrected chi connectivity index (χ4v) is 1.46. The normalized spacial score (nSPS) is 10.3. The Morgan fingerprint density at radius 1 is 0.957 bits per heavy atom. The van der Waals surface area contributed by atoms with Crippen LogP contribution in [0, 0.1) is 12.3 Å². The maximum atomic E-state index is 12.1. The number of carbonyl (C=O) groups is 4. The molecule has 0 bridgehead atoms. The van der Waals surface area contributed by atoms with Crippen molar-refractivity contribution in [3.8, 4) is 12.3 Å². The average molecular weight is 328 g/mol. The summed E-state index contributed by atoms with van der Waals surface area (Å²) in [6.07, 6.45) is 4.72. The van der Waals surface area contributed by atoms with Gasteiger partial charge in [0.05, 0.1) is 19.6 Å². The van der Waals surface area contributed by atoms with Gasteiger partial charge in [0, 0.05) is 6.92 Å². The highest BCUT2D eigenvalue weighted by Crippen LogP contribution is 2.21. The van der Waals surface area contributed by atoms with Gasteiger partial charge >= 0.3 is 17.9 Å². The first-order valence-electron chi connectivity index (χ1n) is 6.90. The molecule has 0 aliphatic carbocycles. The molecule has 0 aromatic carbocycles. The van der Waals surface area contributed by atoms with Crippen molar-refractivity contribution in [3.05, 3.63) is 0 Å². The number of esters is 3. The van der Waals surface area contributed by atoms with Crippen LogP contribution in [0.15, 0.2) is 0 Å². The van der Waals surface area contributed by atoms with Crippen molar-refractivity contribution in [2.75, 3.05) is 26.4 Å². The van der Waals surface area contributed by atoms with Gasteiger partial charge in [-0.2, -0.15) is 0 Å². The maximum absolute atomic E-state index is 12.1. The lowest BCUT2D eigenvalue weighted by Crippen LogP contribution is -2.52. The summed E-state index contributed by atoms with van der Waals surface area (Å²) in [5.74, 6) is -1.26. The van der Waals surface area contributed by atoms with Gasteiger partial charge in [-0.05, 0) is 13.8 Å². The first kappa shape index (κ1) is 20.6. The van der Waals surface area contributed by atoms with E-state index in [4.69, 9.17) is 20.6 Å². The quantitative estimate of drug-likeness (QED) is 0.239. The van der Waals surface area contributed by atoms with Crippen molar-refractivity contribution in [1.29, 1.82) is 0 Å². The van der Waals surface area contributed by atoms with Crippen LogP contribution in [-0.2, 0) is 38.1 Å². The van der Waals surface area contributed by atoms with Crippen molar-refractivity contribution >= 4 is 23.7 Å². The van der Waals surface area contributed by atoms with Crippen LogP contribution in [0.25, 0.3) is 0 Å². The number of Topliss-reactive ketones (excluding diaryl/α,β-unsaturated/α-hetero) is 1. The number of terminal acetylenes is 1. The van der Waals surface area contributed by atoms with E-state index >= 15 is 0 Å². The molecule has 8 heteroatoms. The molecule has 0 aliphatic rings. The van der Waals surface area contributed by atoms with Gasteiger partial charge in [0.25, 0.3) is 5.60 Å². The molecule has 23 heavy (non-hydrogen) atoms. The summed E-state index contributed by atoms with van der Waals surface area (Å²) >= 11 is 0. The van der Waals surface area contributed by atoms with E-state index in [1.54, 1.807) is 0 Å². The van der Waals surface area contributed by atoms with Gasteiger partial charge < -0.3 is 18.9 Å². The van der Waals surface area contributed by atoms with E-state index in [9.17, 15) is 19.2 Å². The second-order valence-electron chi connectivity index (χ2n) is 4.26. The third-order valence-corrected chi connectivity index (χ3v) is 2.48. The van der Waals surface area contributed by atoms with Crippen LogP contribution in [0.2, 0.25) is 0 Å². The van der Waals surface area contributed by atoms with Crippen LogP contribution in [0.5, 0.6) is 0 Å². The molecule has 0 atom stereocenters. The van der Waals surface area contributed by atoms with E-state index in [1.165, 1.54) is 13.8 Å². The molecule has 128 valence electrons. The largest absolute Gasteiger partial charge is 0.463 e. The lowest BCUT2D eigenvalue weighted by atomic mass is 10.00. The van der Waals surface area contributed by atoms with Gasteiger partial charge in [0.2, 0.25) is 0 Å². The van der Waals surface area contributed by atoms with Crippen molar-refractivity contribution in [3.63, 3.8) is 0 Å². The third-order valence-electron chi connectivity index (χ3n) is 2.48. The van der Waals surface area contributed by atoms with Gasteiger partial charge in [-0.1, -0.05) is 0 Å². The van der Waals surface area contributed by atoms with E-state index in [0.717, 1.165) is 6.92 Å². The zero-order chi connectivity index (χ0) is 17.9. The highest BCUT2D eigenvalue weighted by Gasteiger charge is 2.50. The van der Waals surface area contributed by atoms with E-state index < -0.39 is 48.9 Å². The monoisotopic (exact) mass is 328 g/mol. The Hall–Kier alpha value is -2.40. The van der Waals surface area contributed by atoms with Crippen molar-refractivity contribution in [2.24, 2.45) is 0 Å². The molecule has 0 fully saturated rings. The predicted molar refractivity (Wildman–Crippen MR) is 77.0 cm³/mol. The summed E-state index contributed by atoms with van der Waals surface area (Å²) < 4.78 is 19.3. The Morgan fingerprint density at radius 3 is 1.87 bits per heavy atom. The summed E-state index contributed by atoms with van der Waals surface area (Å²) in [5, 5.41) is 0. The molecule has 0 unspecified atom stereocenters. The summed E-state index contributed by atoms with van der Waals surface area (Å²) in [4.78, 5) is 46.5. The molecule has 0 N–H and O–H groups in total.